The molecule has 0 unspecified atom stereocenters. The van der Waals surface area contributed by atoms with E-state index >= 15 is 0 Å². The lowest BCUT2D eigenvalue weighted by Crippen LogP contribution is -2.42. The number of ether oxygens (including phenoxy) is 1. The summed E-state index contributed by atoms with van der Waals surface area (Å²) < 4.78 is 6.30. The van der Waals surface area contributed by atoms with E-state index in [0.29, 0.717) is 23.9 Å². The number of hydrogen-bond donors (Lipinski definition) is 2. The molecule has 0 saturated carbocycles. The molecule has 4 rings (SSSR count). The number of aliphatic hydroxyl groups is 1. The van der Waals surface area contributed by atoms with Crippen LogP contribution in [-0.2, 0) is 28.2 Å². The number of carboxylic acid groups (broad SMARTS) is 1. The smallest absolute Gasteiger partial charge is 0.340 e. The maximum atomic E-state index is 12.9. The number of benzene rings is 2. The van der Waals surface area contributed by atoms with Gasteiger partial charge in [-0.25, -0.2) is 4.79 Å². The summed E-state index contributed by atoms with van der Waals surface area (Å²) >= 11 is 6.26. The largest absolute Gasteiger partial charge is 0.487 e. The first-order valence-corrected chi connectivity index (χ1v) is 13.3. The fourth-order valence-corrected chi connectivity index (χ4v) is 5.11. The van der Waals surface area contributed by atoms with Crippen molar-refractivity contribution >= 4 is 29.2 Å². The lowest BCUT2D eigenvalue weighted by molar-refractivity contribution is -0.164. The molecule has 0 aromatic heterocycles. The predicted octanol–water partition coefficient (Wildman–Crippen LogP) is 4.92. The number of halogens is 1. The third kappa shape index (κ3) is 6.46. The van der Waals surface area contributed by atoms with Crippen LogP contribution in [0.2, 0.25) is 5.02 Å². The maximum Gasteiger partial charge on any atom is 0.340 e. The van der Waals surface area contributed by atoms with Crippen molar-refractivity contribution in [2.24, 2.45) is 0 Å². The van der Waals surface area contributed by atoms with Crippen molar-refractivity contribution in [2.45, 2.75) is 57.2 Å². The lowest BCUT2D eigenvalue weighted by atomic mass is 9.89. The minimum Gasteiger partial charge on any atom is -0.487 e. The molecule has 0 radical (unpaired) electrons. The molecule has 198 valence electrons. The molecule has 1 atom stereocenters. The van der Waals surface area contributed by atoms with Gasteiger partial charge in [-0.3, -0.25) is 4.79 Å². The van der Waals surface area contributed by atoms with Gasteiger partial charge in [0.1, 0.15) is 12.4 Å². The number of hydrogen-bond acceptors (Lipinski definition) is 5. The van der Waals surface area contributed by atoms with Crippen molar-refractivity contribution in [3.63, 3.8) is 0 Å². The van der Waals surface area contributed by atoms with Crippen LogP contribution >= 0.6 is 11.6 Å². The first-order valence-electron chi connectivity index (χ1n) is 12.9. The highest BCUT2D eigenvalue weighted by Crippen LogP contribution is 2.37. The highest BCUT2D eigenvalue weighted by Gasteiger charge is 2.42. The molecule has 0 aliphatic carbocycles. The van der Waals surface area contributed by atoms with Gasteiger partial charge in [-0.15, -0.1) is 0 Å². The zero-order valence-corrected chi connectivity index (χ0v) is 22.0. The summed E-state index contributed by atoms with van der Waals surface area (Å²) in [6.07, 6.45) is 9.05. The Kier molecular flexibility index (Phi) is 8.77. The second-order valence-electron chi connectivity index (χ2n) is 9.91. The van der Waals surface area contributed by atoms with Gasteiger partial charge in [0.15, 0.2) is 5.60 Å². The van der Waals surface area contributed by atoms with E-state index in [2.05, 4.69) is 11.0 Å². The molecule has 8 heteroatoms. The number of anilines is 1. The average Bonchev–Trinajstić information content (AvgIpc) is 2.90. The van der Waals surface area contributed by atoms with Gasteiger partial charge in [0, 0.05) is 31.7 Å². The van der Waals surface area contributed by atoms with Crippen molar-refractivity contribution in [3.05, 3.63) is 70.3 Å². The van der Waals surface area contributed by atoms with E-state index < -0.39 is 23.9 Å². The van der Waals surface area contributed by atoms with Crippen LogP contribution < -0.4 is 9.64 Å². The molecular weight excluding hydrogens is 492 g/mol. The molecular formula is C29H35ClN2O5. The van der Waals surface area contributed by atoms with E-state index in [0.717, 1.165) is 62.9 Å². The number of rotatable bonds is 1. The first-order chi connectivity index (χ1) is 17.8. The van der Waals surface area contributed by atoms with E-state index in [9.17, 15) is 19.8 Å². The Balaban J connectivity index is 1.77. The Hall–Kier alpha value is -3.03. The molecule has 2 bridgehead atoms. The van der Waals surface area contributed by atoms with Crippen LogP contribution in [0.3, 0.4) is 0 Å². The van der Waals surface area contributed by atoms with E-state index in [4.69, 9.17) is 16.3 Å². The summed E-state index contributed by atoms with van der Waals surface area (Å²) in [5, 5.41) is 22.1. The molecule has 37 heavy (non-hydrogen) atoms. The van der Waals surface area contributed by atoms with Crippen molar-refractivity contribution in [1.82, 2.24) is 4.90 Å². The number of aliphatic carboxylic acids is 1. The Morgan fingerprint density at radius 2 is 1.81 bits per heavy atom. The zero-order valence-electron chi connectivity index (χ0n) is 21.3. The second-order valence-corrected chi connectivity index (χ2v) is 10.3. The number of carbonyl (C=O) groups is 2. The number of carboxylic acids is 1. The molecule has 2 aliphatic heterocycles. The van der Waals surface area contributed by atoms with Gasteiger partial charge in [-0.1, -0.05) is 35.9 Å². The number of amides is 1. The summed E-state index contributed by atoms with van der Waals surface area (Å²) in [7, 11) is 1.61. The van der Waals surface area contributed by atoms with E-state index in [-0.39, 0.29) is 5.56 Å². The van der Waals surface area contributed by atoms with Crippen molar-refractivity contribution in [2.75, 3.05) is 31.6 Å². The molecule has 2 aromatic rings. The van der Waals surface area contributed by atoms with Crippen LogP contribution in [0.5, 0.6) is 5.75 Å². The molecule has 2 heterocycles. The molecule has 2 aromatic carbocycles. The number of allylic oxidation sites excluding steroid dienone is 1. The maximum absolute atomic E-state index is 12.9. The van der Waals surface area contributed by atoms with Gasteiger partial charge >= 0.3 is 5.97 Å². The van der Waals surface area contributed by atoms with E-state index in [1.807, 2.05) is 24.3 Å². The summed E-state index contributed by atoms with van der Waals surface area (Å²) in [6, 6.07) is 10.8. The van der Waals surface area contributed by atoms with Crippen molar-refractivity contribution in [3.8, 4) is 5.75 Å². The monoisotopic (exact) mass is 526 g/mol. The normalized spacial score (nSPS) is 22.5. The van der Waals surface area contributed by atoms with Crippen LogP contribution in [0.4, 0.5) is 5.69 Å². The van der Waals surface area contributed by atoms with Gasteiger partial charge in [0.25, 0.3) is 0 Å². The highest BCUT2D eigenvalue weighted by molar-refractivity contribution is 6.30. The van der Waals surface area contributed by atoms with Crippen LogP contribution in [0, 0.1) is 0 Å². The standard InChI is InChI=1S/C29H35ClN2O5/c1-31-14-6-3-2-4-7-15-32-16-8-5-9-21-17-24(30)12-10-22(21)20-37-26-13-11-23(18-25(26)32)29(36,28(34)35)19-27(31)33/h3,6,10-13,17-18,36H,2,4-5,7-9,14-16,19-20H2,1H3,(H,34,35)/b6-3+/t29-/m1/s1. The van der Waals surface area contributed by atoms with Gasteiger partial charge in [0.2, 0.25) is 5.91 Å². The average molecular weight is 527 g/mol. The molecule has 0 saturated heterocycles. The molecule has 0 spiro atoms. The SMILES string of the molecule is CN1C/C=C/CCCCN2CCCCc3cc(Cl)ccc3COc3ccc(cc32)[C@@](O)(C(=O)O)CC1=O. The minimum atomic E-state index is -2.36. The summed E-state index contributed by atoms with van der Waals surface area (Å²) in [6.45, 7) is 2.25. The minimum absolute atomic E-state index is 0.168. The van der Waals surface area contributed by atoms with Gasteiger partial charge in [-0.2, -0.15) is 0 Å². The Labute approximate surface area is 223 Å². The fraction of sp³-hybridized carbons (Fsp3) is 0.448. The van der Waals surface area contributed by atoms with Crippen LogP contribution in [0.15, 0.2) is 48.6 Å². The third-order valence-electron chi connectivity index (χ3n) is 7.23. The third-order valence-corrected chi connectivity index (χ3v) is 7.47. The number of aryl methyl sites for hydroxylation is 1. The fourth-order valence-electron chi connectivity index (χ4n) is 4.91. The Morgan fingerprint density at radius 3 is 2.59 bits per heavy atom. The molecule has 2 aliphatic rings. The topological polar surface area (TPSA) is 90.3 Å². The number of carbonyl (C=O) groups excluding carboxylic acids is 1. The molecule has 2 N–H and O–H groups in total. The highest BCUT2D eigenvalue weighted by atomic mass is 35.5. The predicted molar refractivity (Wildman–Crippen MR) is 144 cm³/mol. The number of nitrogens with zero attached hydrogens (tertiary/aromatic N) is 2. The molecule has 1 amide bonds. The zero-order chi connectivity index (χ0) is 26.4. The summed E-state index contributed by atoms with van der Waals surface area (Å²) in [5.74, 6) is -1.28. The van der Waals surface area contributed by atoms with E-state index in [1.165, 1.54) is 10.5 Å². The van der Waals surface area contributed by atoms with Crippen molar-refractivity contribution < 1.29 is 24.5 Å². The van der Waals surface area contributed by atoms with Gasteiger partial charge in [0.05, 0.1) is 12.1 Å². The Morgan fingerprint density at radius 1 is 1.03 bits per heavy atom. The van der Waals surface area contributed by atoms with Gasteiger partial charge < -0.3 is 24.7 Å². The van der Waals surface area contributed by atoms with Crippen molar-refractivity contribution in [1.29, 1.82) is 0 Å². The van der Waals surface area contributed by atoms with Crippen LogP contribution in [0.1, 0.15) is 55.2 Å². The number of likely N-dealkylation sites (N-methyl/N-ethyl adjacent to an activating group) is 1. The summed E-state index contributed by atoms with van der Waals surface area (Å²) in [4.78, 5) is 28.8. The van der Waals surface area contributed by atoms with E-state index in [1.54, 1.807) is 25.2 Å². The lowest BCUT2D eigenvalue weighted by Gasteiger charge is -2.30. The van der Waals surface area contributed by atoms with Crippen LogP contribution in [0.25, 0.3) is 0 Å². The number of fused-ring (bicyclic) bond motifs is 2. The quantitative estimate of drug-likeness (QED) is 0.512. The van der Waals surface area contributed by atoms with Gasteiger partial charge in [-0.05, 0) is 79.5 Å². The Bertz CT molecular complexity index is 1170. The first kappa shape index (κ1) is 27.0. The second kappa shape index (κ2) is 12.0. The van der Waals surface area contributed by atoms with Crippen LogP contribution in [-0.4, -0.2) is 53.7 Å². The molecule has 7 nitrogen and oxygen atoms in total. The molecule has 0 fully saturated rings. The summed E-state index contributed by atoms with van der Waals surface area (Å²) in [5.41, 5.74) is 0.783.